The molecule has 5 rings (SSSR count). The summed E-state index contributed by atoms with van der Waals surface area (Å²) in [5.74, 6) is 1.20. The molecule has 0 saturated carbocycles. The Labute approximate surface area is 230 Å². The normalized spacial score (nSPS) is 11.0. The largest absolute Gasteiger partial charge is 0.465 e. The van der Waals surface area contributed by atoms with Crippen LogP contribution in [0.2, 0.25) is 0 Å². The van der Waals surface area contributed by atoms with Gasteiger partial charge >= 0.3 is 5.97 Å². The maximum absolute atomic E-state index is 12.0. The number of aryl methyl sites for hydroxylation is 1. The minimum atomic E-state index is -0.274. The number of aromatic nitrogens is 5. The van der Waals surface area contributed by atoms with Crippen molar-refractivity contribution < 1.29 is 9.53 Å². The van der Waals surface area contributed by atoms with E-state index in [0.29, 0.717) is 17.5 Å². The number of imidazole rings is 1. The van der Waals surface area contributed by atoms with E-state index in [1.54, 1.807) is 18.7 Å². The van der Waals surface area contributed by atoms with Crippen molar-refractivity contribution in [1.29, 1.82) is 0 Å². The number of ether oxygens (including phenoxy) is 1. The van der Waals surface area contributed by atoms with Gasteiger partial charge in [0, 0.05) is 16.8 Å². The molecule has 0 saturated heterocycles. The molecule has 38 heavy (non-hydrogen) atoms. The zero-order valence-corrected chi connectivity index (χ0v) is 22.8. The van der Waals surface area contributed by atoms with E-state index < -0.39 is 0 Å². The molecule has 0 amide bonds. The number of carbonyl (C=O) groups excluding carboxylic acids is 1. The second kappa shape index (κ2) is 12.1. The van der Waals surface area contributed by atoms with Crippen LogP contribution in [-0.2, 0) is 15.3 Å². The molecule has 5 aromatic rings. The minimum Gasteiger partial charge on any atom is -0.465 e. The summed E-state index contributed by atoms with van der Waals surface area (Å²) in [6, 6.07) is 28.6. The van der Waals surface area contributed by atoms with Crippen molar-refractivity contribution in [2.45, 2.75) is 29.9 Å². The number of nitrogens with one attached hydrogen (secondary N) is 1. The van der Waals surface area contributed by atoms with E-state index in [9.17, 15) is 4.79 Å². The highest BCUT2D eigenvalue weighted by atomic mass is 32.2. The third-order valence-electron chi connectivity index (χ3n) is 5.75. The molecule has 1 N–H and O–H groups in total. The van der Waals surface area contributed by atoms with Crippen LogP contribution in [-0.4, -0.2) is 43.1 Å². The second-order valence-corrected chi connectivity index (χ2v) is 10.4. The first-order chi connectivity index (χ1) is 18.6. The van der Waals surface area contributed by atoms with E-state index in [-0.39, 0.29) is 11.7 Å². The lowest BCUT2D eigenvalue weighted by molar-refractivity contribution is -0.139. The molecule has 2 aromatic heterocycles. The second-order valence-electron chi connectivity index (χ2n) is 8.45. The fourth-order valence-corrected chi connectivity index (χ4v) is 5.49. The molecule has 0 radical (unpaired) electrons. The molecule has 0 aliphatic rings. The van der Waals surface area contributed by atoms with Crippen LogP contribution in [0, 0.1) is 6.92 Å². The number of benzene rings is 3. The molecule has 0 bridgehead atoms. The van der Waals surface area contributed by atoms with Crippen molar-refractivity contribution in [3.63, 3.8) is 0 Å². The smallest absolute Gasteiger partial charge is 0.316 e. The van der Waals surface area contributed by atoms with Gasteiger partial charge in [-0.2, -0.15) is 0 Å². The zero-order valence-electron chi connectivity index (χ0n) is 21.1. The lowest BCUT2D eigenvalue weighted by Gasteiger charge is -2.10. The molecule has 0 aliphatic heterocycles. The maximum Gasteiger partial charge on any atom is 0.316 e. The number of hydrogen-bond acceptors (Lipinski definition) is 7. The standard InChI is InChI=1S/C29H27N5O2S2/c1-3-36-25(35)19-38-29-33-32-24(34(29)23-16-14-20(2)15-17-23)18-37-28-30-26(21-10-6-4-7-11-21)27(31-28)22-12-8-5-9-13-22/h4-17H,3,18-19H2,1-2H3,(H,30,31). The summed E-state index contributed by atoms with van der Waals surface area (Å²) in [6.45, 7) is 4.20. The molecule has 0 atom stereocenters. The quantitative estimate of drug-likeness (QED) is 0.158. The summed E-state index contributed by atoms with van der Waals surface area (Å²) < 4.78 is 7.09. The van der Waals surface area contributed by atoms with Crippen LogP contribution in [0.1, 0.15) is 18.3 Å². The average molecular weight is 542 g/mol. The highest BCUT2D eigenvalue weighted by molar-refractivity contribution is 7.99. The van der Waals surface area contributed by atoms with Crippen molar-refractivity contribution in [3.8, 4) is 28.2 Å². The number of hydrogen-bond donors (Lipinski definition) is 1. The monoisotopic (exact) mass is 541 g/mol. The van der Waals surface area contributed by atoms with Crippen molar-refractivity contribution in [2.24, 2.45) is 0 Å². The van der Waals surface area contributed by atoms with Crippen LogP contribution in [0.3, 0.4) is 0 Å². The molecule has 9 heteroatoms. The maximum atomic E-state index is 12.0. The molecule has 2 heterocycles. The van der Waals surface area contributed by atoms with E-state index >= 15 is 0 Å². The third-order valence-corrected chi connectivity index (χ3v) is 7.52. The predicted molar refractivity (Wildman–Crippen MR) is 152 cm³/mol. The number of H-pyrrole nitrogens is 1. The van der Waals surface area contributed by atoms with E-state index in [1.165, 1.54) is 11.8 Å². The summed E-state index contributed by atoms with van der Waals surface area (Å²) >= 11 is 2.88. The van der Waals surface area contributed by atoms with Crippen LogP contribution >= 0.6 is 23.5 Å². The fraction of sp³-hybridized carbons (Fsp3) is 0.172. The number of carbonyl (C=O) groups is 1. The van der Waals surface area contributed by atoms with Gasteiger partial charge in [0.05, 0.1) is 29.5 Å². The van der Waals surface area contributed by atoms with Crippen LogP contribution in [0.4, 0.5) is 0 Å². The van der Waals surface area contributed by atoms with Gasteiger partial charge in [0.25, 0.3) is 0 Å². The van der Waals surface area contributed by atoms with Gasteiger partial charge in [-0.15, -0.1) is 10.2 Å². The van der Waals surface area contributed by atoms with Gasteiger partial charge in [-0.3, -0.25) is 9.36 Å². The Hall–Kier alpha value is -3.82. The Morgan fingerprint density at radius 3 is 2.26 bits per heavy atom. The molecule has 192 valence electrons. The van der Waals surface area contributed by atoms with E-state index in [1.807, 2.05) is 53.1 Å². The van der Waals surface area contributed by atoms with E-state index in [4.69, 9.17) is 9.72 Å². The molecule has 7 nitrogen and oxygen atoms in total. The van der Waals surface area contributed by atoms with Gasteiger partial charge in [-0.1, -0.05) is 102 Å². The topological polar surface area (TPSA) is 85.7 Å². The average Bonchev–Trinajstić information content (AvgIpc) is 3.57. The molecule has 3 aromatic carbocycles. The SMILES string of the molecule is CCOC(=O)CSc1nnc(CSc2nc(-c3ccccc3)c(-c3ccccc3)[nH]2)n1-c1ccc(C)cc1. The highest BCUT2D eigenvalue weighted by Crippen LogP contribution is 2.34. The van der Waals surface area contributed by atoms with Gasteiger partial charge in [0.15, 0.2) is 10.3 Å². The van der Waals surface area contributed by atoms with Crippen molar-refractivity contribution >= 4 is 29.5 Å². The number of esters is 1. The first-order valence-corrected chi connectivity index (χ1v) is 14.2. The summed E-state index contributed by atoms with van der Waals surface area (Å²) in [4.78, 5) is 20.5. The van der Waals surface area contributed by atoms with Crippen molar-refractivity contribution in [1.82, 2.24) is 24.7 Å². The van der Waals surface area contributed by atoms with Gasteiger partial charge in [-0.25, -0.2) is 4.98 Å². The minimum absolute atomic E-state index is 0.171. The molecular weight excluding hydrogens is 514 g/mol. The molecule has 0 spiro atoms. The van der Waals surface area contributed by atoms with Crippen LogP contribution in [0.25, 0.3) is 28.2 Å². The van der Waals surface area contributed by atoms with Gasteiger partial charge < -0.3 is 9.72 Å². The first-order valence-electron chi connectivity index (χ1n) is 12.3. The Balaban J connectivity index is 1.44. The first kappa shape index (κ1) is 25.8. The molecule has 0 unspecified atom stereocenters. The number of thioether (sulfide) groups is 2. The lowest BCUT2D eigenvalue weighted by Crippen LogP contribution is -2.08. The number of rotatable bonds is 10. The summed E-state index contributed by atoms with van der Waals surface area (Å²) in [6.07, 6.45) is 0. The van der Waals surface area contributed by atoms with Gasteiger partial charge in [0.1, 0.15) is 5.82 Å². The highest BCUT2D eigenvalue weighted by Gasteiger charge is 2.19. The predicted octanol–water partition coefficient (Wildman–Crippen LogP) is 6.58. The molecule has 0 fully saturated rings. The lowest BCUT2D eigenvalue weighted by atomic mass is 10.1. The Bertz CT molecular complexity index is 1440. The van der Waals surface area contributed by atoms with E-state index in [2.05, 4.69) is 58.5 Å². The summed E-state index contributed by atoms with van der Waals surface area (Å²) in [5.41, 5.74) is 6.11. The van der Waals surface area contributed by atoms with Crippen LogP contribution < -0.4 is 0 Å². The van der Waals surface area contributed by atoms with E-state index in [0.717, 1.165) is 44.7 Å². The van der Waals surface area contributed by atoms with Crippen LogP contribution in [0.15, 0.2) is 95.2 Å². The Morgan fingerprint density at radius 1 is 0.895 bits per heavy atom. The summed E-state index contributed by atoms with van der Waals surface area (Å²) in [5, 5.41) is 10.3. The molecular formula is C29H27N5O2S2. The summed E-state index contributed by atoms with van der Waals surface area (Å²) in [7, 11) is 0. The van der Waals surface area contributed by atoms with Gasteiger partial charge in [0.2, 0.25) is 0 Å². The Kier molecular flexibility index (Phi) is 8.25. The fourth-order valence-electron chi connectivity index (χ4n) is 3.94. The third kappa shape index (κ3) is 6.00. The zero-order chi connectivity index (χ0) is 26.3. The van der Waals surface area contributed by atoms with Crippen molar-refractivity contribution in [2.75, 3.05) is 12.4 Å². The Morgan fingerprint density at radius 2 is 1.58 bits per heavy atom. The van der Waals surface area contributed by atoms with Crippen LogP contribution in [0.5, 0.6) is 0 Å². The molecule has 0 aliphatic carbocycles. The van der Waals surface area contributed by atoms with Gasteiger partial charge in [-0.05, 0) is 26.0 Å². The number of nitrogens with zero attached hydrogens (tertiary/aromatic N) is 4. The van der Waals surface area contributed by atoms with Crippen molar-refractivity contribution in [3.05, 3.63) is 96.3 Å². The number of aromatic amines is 1.